The molecule has 0 bridgehead atoms. The maximum Gasteiger partial charge on any atom is 0.416 e. The minimum absolute atomic E-state index is 0.155. The SMILES string of the molecule is FC(F)(F)c1cc(-n2ncc3ccccc32)ccc1CBr. The Balaban J connectivity index is 2.19. The molecule has 0 amide bonds. The summed E-state index contributed by atoms with van der Waals surface area (Å²) >= 11 is 3.09. The van der Waals surface area contributed by atoms with E-state index in [0.717, 1.165) is 17.0 Å². The second-order valence-corrected chi connectivity index (χ2v) is 5.15. The first-order chi connectivity index (χ1) is 10.0. The molecule has 0 fully saturated rings. The molecule has 0 aliphatic rings. The van der Waals surface area contributed by atoms with Gasteiger partial charge in [-0.2, -0.15) is 18.3 Å². The van der Waals surface area contributed by atoms with Crippen molar-refractivity contribution in [3.05, 3.63) is 59.8 Å². The molecule has 0 radical (unpaired) electrons. The average molecular weight is 355 g/mol. The van der Waals surface area contributed by atoms with Crippen LogP contribution in [0.3, 0.4) is 0 Å². The predicted octanol–water partition coefficient (Wildman–Crippen LogP) is 4.94. The number of benzene rings is 2. The number of hydrogen-bond donors (Lipinski definition) is 0. The van der Waals surface area contributed by atoms with Crippen LogP contribution in [0.1, 0.15) is 11.1 Å². The molecule has 6 heteroatoms. The predicted molar refractivity (Wildman–Crippen MR) is 78.7 cm³/mol. The van der Waals surface area contributed by atoms with Crippen LogP contribution in [0.5, 0.6) is 0 Å². The first-order valence-corrected chi connectivity index (χ1v) is 7.32. The van der Waals surface area contributed by atoms with E-state index in [9.17, 15) is 13.2 Å². The summed E-state index contributed by atoms with van der Waals surface area (Å²) in [6, 6.07) is 11.6. The van der Waals surface area contributed by atoms with Crippen LogP contribution in [-0.4, -0.2) is 9.78 Å². The lowest BCUT2D eigenvalue weighted by Crippen LogP contribution is -2.10. The summed E-state index contributed by atoms with van der Waals surface area (Å²) in [6.07, 6.45) is -2.75. The third-order valence-electron chi connectivity index (χ3n) is 3.26. The molecule has 0 N–H and O–H groups in total. The maximum absolute atomic E-state index is 13.1. The van der Waals surface area contributed by atoms with Gasteiger partial charge in [-0.3, -0.25) is 0 Å². The van der Waals surface area contributed by atoms with E-state index in [0.29, 0.717) is 5.69 Å². The minimum atomic E-state index is -4.39. The van der Waals surface area contributed by atoms with Crippen LogP contribution >= 0.6 is 15.9 Å². The standard InChI is InChI=1S/C15H10BrF3N2/c16-8-10-5-6-12(7-13(10)15(17,18)19)21-14-4-2-1-3-11(14)9-20-21/h1-7,9H,8H2. The quantitative estimate of drug-likeness (QED) is 0.596. The van der Waals surface area contributed by atoms with E-state index in [2.05, 4.69) is 21.0 Å². The number of aromatic nitrogens is 2. The Labute approximate surface area is 127 Å². The molecular formula is C15H10BrF3N2. The monoisotopic (exact) mass is 354 g/mol. The van der Waals surface area contributed by atoms with E-state index in [1.165, 1.54) is 10.7 Å². The van der Waals surface area contributed by atoms with Crippen molar-refractivity contribution in [3.8, 4) is 5.69 Å². The van der Waals surface area contributed by atoms with Crippen molar-refractivity contribution in [1.82, 2.24) is 9.78 Å². The molecule has 108 valence electrons. The zero-order valence-electron chi connectivity index (χ0n) is 10.7. The molecule has 0 spiro atoms. The number of rotatable bonds is 2. The molecule has 1 heterocycles. The fourth-order valence-electron chi connectivity index (χ4n) is 2.25. The van der Waals surface area contributed by atoms with E-state index in [-0.39, 0.29) is 10.9 Å². The molecule has 2 aromatic carbocycles. The number of halogens is 4. The van der Waals surface area contributed by atoms with Crippen LogP contribution < -0.4 is 0 Å². The highest BCUT2D eigenvalue weighted by molar-refractivity contribution is 9.08. The number of fused-ring (bicyclic) bond motifs is 1. The molecule has 0 aliphatic heterocycles. The van der Waals surface area contributed by atoms with Gasteiger partial charge in [0.1, 0.15) is 0 Å². The van der Waals surface area contributed by atoms with E-state index in [4.69, 9.17) is 0 Å². The second kappa shape index (κ2) is 5.18. The molecule has 3 rings (SSSR count). The average Bonchev–Trinajstić information content (AvgIpc) is 2.89. The van der Waals surface area contributed by atoms with Gasteiger partial charge in [0.15, 0.2) is 0 Å². The Morgan fingerprint density at radius 2 is 1.86 bits per heavy atom. The van der Waals surface area contributed by atoms with E-state index < -0.39 is 11.7 Å². The van der Waals surface area contributed by atoms with Crippen molar-refractivity contribution >= 4 is 26.8 Å². The molecule has 0 aliphatic carbocycles. The summed E-state index contributed by atoms with van der Waals surface area (Å²) in [4.78, 5) is 0. The topological polar surface area (TPSA) is 17.8 Å². The summed E-state index contributed by atoms with van der Waals surface area (Å²) in [5, 5.41) is 5.22. The van der Waals surface area contributed by atoms with E-state index >= 15 is 0 Å². The van der Waals surface area contributed by atoms with Gasteiger partial charge in [-0.05, 0) is 23.8 Å². The Hall–Kier alpha value is -1.82. The van der Waals surface area contributed by atoms with Crippen molar-refractivity contribution in [1.29, 1.82) is 0 Å². The summed E-state index contributed by atoms with van der Waals surface area (Å²) in [5.41, 5.74) is 0.740. The number of hydrogen-bond acceptors (Lipinski definition) is 1. The van der Waals surface area contributed by atoms with Gasteiger partial charge in [0.2, 0.25) is 0 Å². The first-order valence-electron chi connectivity index (χ1n) is 6.20. The van der Waals surface area contributed by atoms with Crippen LogP contribution in [0.2, 0.25) is 0 Å². The molecule has 1 aromatic heterocycles. The van der Waals surface area contributed by atoms with Gasteiger partial charge in [-0.25, -0.2) is 4.68 Å². The molecule has 0 atom stereocenters. The van der Waals surface area contributed by atoms with Gasteiger partial charge in [-0.1, -0.05) is 40.2 Å². The number of para-hydroxylation sites is 1. The fraction of sp³-hybridized carbons (Fsp3) is 0.133. The lowest BCUT2D eigenvalue weighted by atomic mass is 10.1. The molecular weight excluding hydrogens is 345 g/mol. The Kier molecular flexibility index (Phi) is 3.49. The highest BCUT2D eigenvalue weighted by Gasteiger charge is 2.33. The lowest BCUT2D eigenvalue weighted by Gasteiger charge is -2.13. The fourth-order valence-corrected chi connectivity index (χ4v) is 2.74. The summed E-state index contributed by atoms with van der Waals surface area (Å²) in [7, 11) is 0. The van der Waals surface area contributed by atoms with Crippen molar-refractivity contribution in [3.63, 3.8) is 0 Å². The normalized spacial score (nSPS) is 12.0. The molecule has 0 saturated heterocycles. The summed E-state index contributed by atoms with van der Waals surface area (Å²) in [6.45, 7) is 0. The number of nitrogens with zero attached hydrogens (tertiary/aromatic N) is 2. The molecule has 0 saturated carbocycles. The van der Waals surface area contributed by atoms with Gasteiger partial charge in [0.05, 0.1) is 23.0 Å². The highest BCUT2D eigenvalue weighted by atomic mass is 79.9. The Morgan fingerprint density at radius 1 is 1.10 bits per heavy atom. The zero-order valence-corrected chi connectivity index (χ0v) is 12.3. The molecule has 2 nitrogen and oxygen atoms in total. The third kappa shape index (κ3) is 2.55. The van der Waals surface area contributed by atoms with Crippen molar-refractivity contribution in [2.45, 2.75) is 11.5 Å². The van der Waals surface area contributed by atoms with E-state index in [1.807, 2.05) is 24.3 Å². The van der Waals surface area contributed by atoms with E-state index in [1.54, 1.807) is 12.3 Å². The van der Waals surface area contributed by atoms with Gasteiger partial charge < -0.3 is 0 Å². The van der Waals surface area contributed by atoms with Crippen LogP contribution in [-0.2, 0) is 11.5 Å². The van der Waals surface area contributed by atoms with Crippen LogP contribution in [0, 0.1) is 0 Å². The van der Waals surface area contributed by atoms with Gasteiger partial charge in [0, 0.05) is 10.7 Å². The van der Waals surface area contributed by atoms with Gasteiger partial charge in [-0.15, -0.1) is 0 Å². The molecule has 0 unspecified atom stereocenters. The van der Waals surface area contributed by atoms with Crippen molar-refractivity contribution in [2.24, 2.45) is 0 Å². The van der Waals surface area contributed by atoms with Crippen LogP contribution in [0.15, 0.2) is 48.7 Å². The number of alkyl halides is 4. The van der Waals surface area contributed by atoms with Gasteiger partial charge in [0.25, 0.3) is 0 Å². The minimum Gasteiger partial charge on any atom is -0.233 e. The van der Waals surface area contributed by atoms with Crippen molar-refractivity contribution < 1.29 is 13.2 Å². The third-order valence-corrected chi connectivity index (χ3v) is 3.87. The van der Waals surface area contributed by atoms with Crippen LogP contribution in [0.25, 0.3) is 16.6 Å². The Morgan fingerprint density at radius 3 is 2.57 bits per heavy atom. The second-order valence-electron chi connectivity index (χ2n) is 4.59. The first kappa shape index (κ1) is 14.1. The smallest absolute Gasteiger partial charge is 0.233 e. The van der Waals surface area contributed by atoms with Crippen LogP contribution in [0.4, 0.5) is 13.2 Å². The Bertz CT molecular complexity index is 793. The zero-order chi connectivity index (χ0) is 15.0. The molecule has 3 aromatic rings. The largest absolute Gasteiger partial charge is 0.416 e. The maximum atomic E-state index is 13.1. The molecule has 21 heavy (non-hydrogen) atoms. The van der Waals surface area contributed by atoms with Crippen molar-refractivity contribution in [2.75, 3.05) is 0 Å². The lowest BCUT2D eigenvalue weighted by molar-refractivity contribution is -0.138. The highest BCUT2D eigenvalue weighted by Crippen LogP contribution is 2.34. The summed E-state index contributed by atoms with van der Waals surface area (Å²) < 4.78 is 40.9. The van der Waals surface area contributed by atoms with Gasteiger partial charge >= 0.3 is 6.18 Å². The summed E-state index contributed by atoms with van der Waals surface area (Å²) in [5.74, 6) is 0.